The number of primary amides is 1. The van der Waals surface area contributed by atoms with Gasteiger partial charge >= 0.3 is 0 Å². The zero-order valence-corrected chi connectivity index (χ0v) is 18.5. The molecule has 0 aromatic rings. The van der Waals surface area contributed by atoms with Crippen LogP contribution in [-0.2, 0) is 4.79 Å². The number of amides is 1. The number of fused-ring (bicyclic) bond motifs is 1. The molecule has 0 aromatic heterocycles. The van der Waals surface area contributed by atoms with Gasteiger partial charge in [0.2, 0.25) is 5.91 Å². The Morgan fingerprint density at radius 1 is 1.11 bits per heavy atom. The predicted molar refractivity (Wildman–Crippen MR) is 114 cm³/mol. The number of hydrogen-bond acceptors (Lipinski definition) is 1. The molecule has 3 saturated carbocycles. The monoisotopic (exact) mass is 375 g/mol. The molecule has 27 heavy (non-hydrogen) atoms. The van der Waals surface area contributed by atoms with Crippen molar-refractivity contribution in [2.45, 2.75) is 105 Å². The van der Waals surface area contributed by atoms with E-state index in [9.17, 15) is 4.79 Å². The summed E-state index contributed by atoms with van der Waals surface area (Å²) in [5.41, 5.74) is 6.03. The molecular formula is C25H45NO. The summed E-state index contributed by atoms with van der Waals surface area (Å²) in [6.45, 7) is 9.99. The van der Waals surface area contributed by atoms with Gasteiger partial charge < -0.3 is 5.73 Å². The third-order valence-electron chi connectivity index (χ3n) is 9.57. The van der Waals surface area contributed by atoms with Crippen LogP contribution in [0, 0.1) is 46.8 Å². The van der Waals surface area contributed by atoms with Gasteiger partial charge in [0.25, 0.3) is 0 Å². The topological polar surface area (TPSA) is 43.1 Å². The standard InChI is InChI=1S/C25H45NO/c1-5-8-23-22(12-11-19-9-6-7-16-25(19,23)4)21-14-13-20(18(21)3)17(2)10-15-24(26)27/h17-23H,5-16H2,1-4H3,(H2,26,27). The van der Waals surface area contributed by atoms with Crippen LogP contribution in [0.25, 0.3) is 0 Å². The average molecular weight is 376 g/mol. The summed E-state index contributed by atoms with van der Waals surface area (Å²) in [5, 5.41) is 0. The fourth-order valence-corrected chi connectivity index (χ4v) is 8.06. The van der Waals surface area contributed by atoms with Crippen LogP contribution in [-0.4, -0.2) is 5.91 Å². The van der Waals surface area contributed by atoms with Crippen LogP contribution in [0.2, 0.25) is 0 Å². The zero-order valence-electron chi connectivity index (χ0n) is 18.5. The second kappa shape index (κ2) is 8.87. The van der Waals surface area contributed by atoms with Crippen molar-refractivity contribution in [3.63, 3.8) is 0 Å². The van der Waals surface area contributed by atoms with Crippen LogP contribution in [0.15, 0.2) is 0 Å². The second-order valence-electron chi connectivity index (χ2n) is 10.8. The number of hydrogen-bond donors (Lipinski definition) is 1. The highest BCUT2D eigenvalue weighted by atomic mass is 16.1. The molecule has 0 aromatic carbocycles. The normalized spacial score (nSPS) is 43.3. The Hall–Kier alpha value is -0.530. The molecule has 3 fully saturated rings. The van der Waals surface area contributed by atoms with Crippen molar-refractivity contribution in [2.75, 3.05) is 0 Å². The molecule has 8 atom stereocenters. The van der Waals surface area contributed by atoms with E-state index in [-0.39, 0.29) is 5.91 Å². The van der Waals surface area contributed by atoms with Crippen LogP contribution in [0.4, 0.5) is 0 Å². The summed E-state index contributed by atoms with van der Waals surface area (Å²) >= 11 is 0. The Morgan fingerprint density at radius 2 is 1.85 bits per heavy atom. The van der Waals surface area contributed by atoms with Gasteiger partial charge in [0.1, 0.15) is 0 Å². The first-order valence-corrected chi connectivity index (χ1v) is 12.2. The Morgan fingerprint density at radius 3 is 2.56 bits per heavy atom. The van der Waals surface area contributed by atoms with Crippen molar-refractivity contribution in [1.82, 2.24) is 0 Å². The molecule has 8 unspecified atom stereocenters. The quantitative estimate of drug-likeness (QED) is 0.537. The summed E-state index contributed by atoms with van der Waals surface area (Å²) in [4.78, 5) is 11.2. The Labute approximate surface area is 168 Å². The van der Waals surface area contributed by atoms with Gasteiger partial charge in [0, 0.05) is 6.42 Å². The van der Waals surface area contributed by atoms with E-state index in [1.807, 2.05) is 0 Å². The zero-order chi connectivity index (χ0) is 19.6. The largest absolute Gasteiger partial charge is 0.370 e. The summed E-state index contributed by atoms with van der Waals surface area (Å²) < 4.78 is 0. The smallest absolute Gasteiger partial charge is 0.217 e. The van der Waals surface area contributed by atoms with Crippen molar-refractivity contribution in [2.24, 2.45) is 52.6 Å². The summed E-state index contributed by atoms with van der Waals surface area (Å²) in [7, 11) is 0. The van der Waals surface area contributed by atoms with Gasteiger partial charge in [0.15, 0.2) is 0 Å². The molecule has 0 heterocycles. The van der Waals surface area contributed by atoms with E-state index < -0.39 is 0 Å². The highest BCUT2D eigenvalue weighted by Crippen LogP contribution is 2.61. The molecule has 1 amide bonds. The molecule has 2 N–H and O–H groups in total. The van der Waals surface area contributed by atoms with Gasteiger partial charge in [-0.05, 0) is 98.2 Å². The molecular weight excluding hydrogens is 330 g/mol. The maximum atomic E-state index is 11.2. The molecule has 0 aliphatic heterocycles. The predicted octanol–water partition coefficient (Wildman–Crippen LogP) is 6.57. The van der Waals surface area contributed by atoms with Gasteiger partial charge in [-0.15, -0.1) is 0 Å². The molecule has 2 nitrogen and oxygen atoms in total. The molecule has 3 aliphatic carbocycles. The minimum atomic E-state index is -0.129. The lowest BCUT2D eigenvalue weighted by Gasteiger charge is -2.56. The van der Waals surface area contributed by atoms with Crippen LogP contribution in [0.5, 0.6) is 0 Å². The molecule has 3 aliphatic rings. The van der Waals surface area contributed by atoms with Gasteiger partial charge in [-0.2, -0.15) is 0 Å². The lowest BCUT2D eigenvalue weighted by atomic mass is 9.49. The fourth-order valence-electron chi connectivity index (χ4n) is 8.06. The maximum absolute atomic E-state index is 11.2. The third-order valence-corrected chi connectivity index (χ3v) is 9.57. The number of nitrogens with two attached hydrogens (primary N) is 1. The molecule has 156 valence electrons. The van der Waals surface area contributed by atoms with Crippen molar-refractivity contribution < 1.29 is 4.79 Å². The highest BCUT2D eigenvalue weighted by molar-refractivity contribution is 5.73. The highest BCUT2D eigenvalue weighted by Gasteiger charge is 2.52. The Kier molecular flexibility index (Phi) is 6.96. The van der Waals surface area contributed by atoms with Crippen LogP contribution in [0.1, 0.15) is 105 Å². The van der Waals surface area contributed by atoms with E-state index in [0.29, 0.717) is 17.8 Å². The van der Waals surface area contributed by atoms with Crippen molar-refractivity contribution in [3.8, 4) is 0 Å². The molecule has 2 heteroatoms. The average Bonchev–Trinajstić information content (AvgIpc) is 3.01. The van der Waals surface area contributed by atoms with Gasteiger partial charge in [0.05, 0.1) is 0 Å². The lowest BCUT2D eigenvalue weighted by molar-refractivity contribution is -0.118. The van der Waals surface area contributed by atoms with Gasteiger partial charge in [-0.25, -0.2) is 0 Å². The van der Waals surface area contributed by atoms with Gasteiger partial charge in [-0.3, -0.25) is 4.79 Å². The third kappa shape index (κ3) is 4.25. The van der Waals surface area contributed by atoms with Crippen LogP contribution >= 0.6 is 0 Å². The number of carbonyl (C=O) groups excluding carboxylic acids is 1. The van der Waals surface area contributed by atoms with E-state index in [2.05, 4.69) is 27.7 Å². The minimum Gasteiger partial charge on any atom is -0.370 e. The second-order valence-corrected chi connectivity index (χ2v) is 10.8. The maximum Gasteiger partial charge on any atom is 0.217 e. The lowest BCUT2D eigenvalue weighted by Crippen LogP contribution is -2.47. The Bertz CT molecular complexity index is 503. The molecule has 3 rings (SSSR count). The van der Waals surface area contributed by atoms with Crippen molar-refractivity contribution in [3.05, 3.63) is 0 Å². The molecule has 0 saturated heterocycles. The van der Waals surface area contributed by atoms with Crippen molar-refractivity contribution >= 4 is 5.91 Å². The summed E-state index contributed by atoms with van der Waals surface area (Å²) in [6.07, 6.45) is 16.1. The fraction of sp³-hybridized carbons (Fsp3) is 0.960. The molecule has 0 bridgehead atoms. The first-order chi connectivity index (χ1) is 12.9. The minimum absolute atomic E-state index is 0.129. The summed E-state index contributed by atoms with van der Waals surface area (Å²) in [6, 6.07) is 0. The SMILES string of the molecule is CCCC1C(C2CCC(C(C)CCC(N)=O)C2C)CCC2CCCCC21C. The Balaban J connectivity index is 1.71. The first kappa shape index (κ1) is 21.2. The van der Waals surface area contributed by atoms with Crippen LogP contribution in [0.3, 0.4) is 0 Å². The molecule has 0 radical (unpaired) electrons. The van der Waals surface area contributed by atoms with E-state index in [4.69, 9.17) is 5.73 Å². The van der Waals surface area contributed by atoms with E-state index in [0.717, 1.165) is 41.9 Å². The van der Waals surface area contributed by atoms with Gasteiger partial charge in [-0.1, -0.05) is 47.0 Å². The number of rotatable bonds is 7. The van der Waals surface area contributed by atoms with E-state index >= 15 is 0 Å². The van der Waals surface area contributed by atoms with Crippen molar-refractivity contribution in [1.29, 1.82) is 0 Å². The molecule has 0 spiro atoms. The summed E-state index contributed by atoms with van der Waals surface area (Å²) in [5.74, 6) is 5.96. The first-order valence-electron chi connectivity index (χ1n) is 12.2. The van der Waals surface area contributed by atoms with E-state index in [1.165, 1.54) is 64.2 Å². The van der Waals surface area contributed by atoms with Crippen LogP contribution < -0.4 is 5.73 Å². The van der Waals surface area contributed by atoms with E-state index in [1.54, 1.807) is 0 Å². The number of carbonyl (C=O) groups is 1.